The Labute approximate surface area is 98.1 Å². The van der Waals surface area contributed by atoms with Gasteiger partial charge in [0.15, 0.2) is 11.5 Å². The highest BCUT2D eigenvalue weighted by Crippen LogP contribution is 2.34. The molecule has 82 valence electrons. The smallest absolute Gasteiger partial charge is 0.162 e. The first-order valence-corrected chi connectivity index (χ1v) is 5.68. The predicted molar refractivity (Wildman–Crippen MR) is 62.6 cm³/mol. The Balaban J connectivity index is 2.11. The highest BCUT2D eigenvalue weighted by Gasteiger charge is 2.21. The van der Waals surface area contributed by atoms with Crippen molar-refractivity contribution in [2.24, 2.45) is 0 Å². The van der Waals surface area contributed by atoms with Crippen molar-refractivity contribution in [1.29, 1.82) is 0 Å². The first-order chi connectivity index (χ1) is 7.15. The Hall–Kier alpha value is -0.740. The van der Waals surface area contributed by atoms with Crippen LogP contribution >= 0.6 is 15.9 Å². The zero-order valence-corrected chi connectivity index (χ0v) is 10.5. The molecule has 0 N–H and O–H groups in total. The van der Waals surface area contributed by atoms with Gasteiger partial charge in [0, 0.05) is 11.0 Å². The molecule has 0 fully saturated rings. The number of rotatable bonds is 2. The van der Waals surface area contributed by atoms with Gasteiger partial charge in [-0.15, -0.1) is 0 Å². The fraction of sp³-hybridized carbons (Fsp3) is 0.455. The van der Waals surface area contributed by atoms with Crippen LogP contribution in [0.5, 0.6) is 11.5 Å². The molecule has 0 radical (unpaired) electrons. The second kappa shape index (κ2) is 4.41. The van der Waals surface area contributed by atoms with E-state index in [1.54, 1.807) is 0 Å². The van der Waals surface area contributed by atoms with Gasteiger partial charge in [-0.1, -0.05) is 15.9 Å². The van der Waals surface area contributed by atoms with Crippen LogP contribution in [0.3, 0.4) is 0 Å². The van der Waals surface area contributed by atoms with E-state index in [1.165, 1.54) is 0 Å². The maximum Gasteiger partial charge on any atom is 0.162 e. The van der Waals surface area contributed by atoms with Crippen LogP contribution in [0.4, 0.5) is 0 Å². The third kappa shape index (κ3) is 2.63. The third-order valence-electron chi connectivity index (χ3n) is 2.19. The lowest BCUT2D eigenvalue weighted by molar-refractivity contribution is 0.0710. The van der Waals surface area contributed by atoms with Crippen molar-refractivity contribution in [2.75, 3.05) is 27.2 Å². The van der Waals surface area contributed by atoms with Gasteiger partial charge in [-0.3, -0.25) is 0 Å². The highest BCUT2D eigenvalue weighted by atomic mass is 79.9. The summed E-state index contributed by atoms with van der Waals surface area (Å²) in [6.07, 6.45) is 0.113. The minimum Gasteiger partial charge on any atom is -0.486 e. The van der Waals surface area contributed by atoms with Crippen LogP contribution in [0.15, 0.2) is 22.7 Å². The summed E-state index contributed by atoms with van der Waals surface area (Å²) in [6, 6.07) is 5.82. The molecule has 1 atom stereocenters. The quantitative estimate of drug-likeness (QED) is 0.823. The molecule has 0 saturated carbocycles. The Morgan fingerprint density at radius 2 is 2.20 bits per heavy atom. The standard InChI is InChI=1S/C11H14BrNO2/c1-13(2)6-9-7-14-10-4-3-8(12)5-11(10)15-9/h3-5,9H,6-7H2,1-2H3. The molecule has 0 spiro atoms. The first kappa shape index (κ1) is 10.8. The van der Waals surface area contributed by atoms with E-state index in [2.05, 4.69) is 20.8 Å². The normalized spacial score (nSPS) is 19.3. The lowest BCUT2D eigenvalue weighted by Crippen LogP contribution is -2.37. The van der Waals surface area contributed by atoms with E-state index < -0.39 is 0 Å². The van der Waals surface area contributed by atoms with E-state index in [9.17, 15) is 0 Å². The monoisotopic (exact) mass is 271 g/mol. The largest absolute Gasteiger partial charge is 0.486 e. The Morgan fingerprint density at radius 3 is 2.93 bits per heavy atom. The Kier molecular flexibility index (Phi) is 3.17. The molecule has 1 unspecified atom stereocenters. The summed E-state index contributed by atoms with van der Waals surface area (Å²) < 4.78 is 12.5. The molecule has 15 heavy (non-hydrogen) atoms. The van der Waals surface area contributed by atoms with Gasteiger partial charge < -0.3 is 14.4 Å². The summed E-state index contributed by atoms with van der Waals surface area (Å²) in [5, 5.41) is 0. The zero-order chi connectivity index (χ0) is 10.8. The maximum atomic E-state index is 5.83. The van der Waals surface area contributed by atoms with Crippen molar-refractivity contribution >= 4 is 15.9 Å². The average molecular weight is 272 g/mol. The fourth-order valence-electron chi connectivity index (χ4n) is 1.59. The van der Waals surface area contributed by atoms with Gasteiger partial charge in [-0.2, -0.15) is 0 Å². The van der Waals surface area contributed by atoms with Crippen molar-refractivity contribution in [2.45, 2.75) is 6.10 Å². The van der Waals surface area contributed by atoms with Crippen molar-refractivity contribution < 1.29 is 9.47 Å². The summed E-state index contributed by atoms with van der Waals surface area (Å²) in [5.41, 5.74) is 0. The molecule has 1 aliphatic heterocycles. The van der Waals surface area contributed by atoms with Crippen LogP contribution in [0.1, 0.15) is 0 Å². The van der Waals surface area contributed by atoms with Gasteiger partial charge >= 0.3 is 0 Å². The maximum absolute atomic E-state index is 5.83. The van der Waals surface area contributed by atoms with Crippen LogP contribution in [0.2, 0.25) is 0 Å². The van der Waals surface area contributed by atoms with Crippen molar-refractivity contribution in [1.82, 2.24) is 4.90 Å². The van der Waals surface area contributed by atoms with Gasteiger partial charge in [-0.05, 0) is 32.3 Å². The lowest BCUT2D eigenvalue weighted by atomic mass is 10.2. The van der Waals surface area contributed by atoms with E-state index in [1.807, 2.05) is 32.3 Å². The number of halogens is 1. The van der Waals surface area contributed by atoms with E-state index in [-0.39, 0.29) is 6.10 Å². The zero-order valence-electron chi connectivity index (χ0n) is 8.87. The average Bonchev–Trinajstić information content (AvgIpc) is 2.16. The topological polar surface area (TPSA) is 21.7 Å². The molecule has 1 aliphatic rings. The molecule has 0 amide bonds. The SMILES string of the molecule is CN(C)CC1COc2ccc(Br)cc2O1. The molecule has 1 heterocycles. The number of hydrogen-bond donors (Lipinski definition) is 0. The summed E-state index contributed by atoms with van der Waals surface area (Å²) in [7, 11) is 4.06. The number of benzene rings is 1. The molecule has 4 heteroatoms. The van der Waals surface area contributed by atoms with Crippen LogP contribution < -0.4 is 9.47 Å². The van der Waals surface area contributed by atoms with Gasteiger partial charge in [0.2, 0.25) is 0 Å². The van der Waals surface area contributed by atoms with E-state index in [0.717, 1.165) is 22.5 Å². The highest BCUT2D eigenvalue weighted by molar-refractivity contribution is 9.10. The third-order valence-corrected chi connectivity index (χ3v) is 2.69. The molecule has 2 rings (SSSR count). The van der Waals surface area contributed by atoms with Gasteiger partial charge in [-0.25, -0.2) is 0 Å². The molecule has 3 nitrogen and oxygen atoms in total. The molecule has 1 aromatic rings. The Bertz CT molecular complexity index is 354. The van der Waals surface area contributed by atoms with Crippen LogP contribution in [0.25, 0.3) is 0 Å². The number of nitrogens with zero attached hydrogens (tertiary/aromatic N) is 1. The molecule has 0 saturated heterocycles. The van der Waals surface area contributed by atoms with Gasteiger partial charge in [0.05, 0.1) is 0 Å². The Morgan fingerprint density at radius 1 is 1.40 bits per heavy atom. The van der Waals surface area contributed by atoms with Crippen molar-refractivity contribution in [3.63, 3.8) is 0 Å². The molecule has 0 aliphatic carbocycles. The minimum atomic E-state index is 0.113. The summed E-state index contributed by atoms with van der Waals surface area (Å²) in [4.78, 5) is 2.09. The number of hydrogen-bond acceptors (Lipinski definition) is 3. The fourth-order valence-corrected chi connectivity index (χ4v) is 1.93. The van der Waals surface area contributed by atoms with Crippen LogP contribution in [0, 0.1) is 0 Å². The van der Waals surface area contributed by atoms with E-state index in [0.29, 0.717) is 6.61 Å². The number of likely N-dealkylation sites (N-methyl/N-ethyl adjacent to an activating group) is 1. The van der Waals surface area contributed by atoms with Crippen molar-refractivity contribution in [3.8, 4) is 11.5 Å². The molecule has 0 bridgehead atoms. The minimum absolute atomic E-state index is 0.113. The molecule has 1 aromatic carbocycles. The summed E-state index contributed by atoms with van der Waals surface area (Å²) >= 11 is 3.42. The first-order valence-electron chi connectivity index (χ1n) is 4.89. The van der Waals surface area contributed by atoms with Crippen molar-refractivity contribution in [3.05, 3.63) is 22.7 Å². The van der Waals surface area contributed by atoms with E-state index in [4.69, 9.17) is 9.47 Å². The van der Waals surface area contributed by atoms with E-state index >= 15 is 0 Å². The van der Waals surface area contributed by atoms with Gasteiger partial charge in [0.1, 0.15) is 12.7 Å². The second-order valence-corrected chi connectivity index (χ2v) is 4.82. The number of fused-ring (bicyclic) bond motifs is 1. The summed E-state index contributed by atoms with van der Waals surface area (Å²) in [6.45, 7) is 1.48. The predicted octanol–water partition coefficient (Wildman–Crippen LogP) is 2.15. The van der Waals surface area contributed by atoms with Gasteiger partial charge in [0.25, 0.3) is 0 Å². The lowest BCUT2D eigenvalue weighted by Gasteiger charge is -2.28. The second-order valence-electron chi connectivity index (χ2n) is 3.90. The van der Waals surface area contributed by atoms with Crippen LogP contribution in [-0.2, 0) is 0 Å². The molecular formula is C11H14BrNO2. The summed E-state index contributed by atoms with van der Waals surface area (Å²) in [5.74, 6) is 1.65. The molecule has 0 aromatic heterocycles. The number of ether oxygens (including phenoxy) is 2. The molecular weight excluding hydrogens is 258 g/mol. The van der Waals surface area contributed by atoms with Crippen LogP contribution in [-0.4, -0.2) is 38.3 Å².